The van der Waals surface area contributed by atoms with Crippen LogP contribution in [0.4, 0.5) is 10.2 Å². The van der Waals surface area contributed by atoms with Gasteiger partial charge < -0.3 is 15.2 Å². The largest absolute Gasteiger partial charge is 0.360 e. The van der Waals surface area contributed by atoms with Crippen molar-refractivity contribution in [2.45, 2.75) is 25.6 Å². The zero-order chi connectivity index (χ0) is 24.8. The normalized spacial score (nSPS) is 11.7. The Morgan fingerprint density at radius 1 is 1.14 bits per heavy atom. The number of aryl methyl sites for hydroxylation is 1. The molecule has 2 amide bonds. The first kappa shape index (κ1) is 24.2. The van der Waals surface area contributed by atoms with Crippen molar-refractivity contribution in [3.63, 3.8) is 0 Å². The molecule has 0 saturated heterocycles. The molecule has 2 N–H and O–H groups in total. The van der Waals surface area contributed by atoms with Crippen LogP contribution in [0.15, 0.2) is 71.4 Å². The Morgan fingerprint density at radius 3 is 2.57 bits per heavy atom. The van der Waals surface area contributed by atoms with Crippen molar-refractivity contribution in [3.8, 4) is 16.9 Å². The molecule has 180 valence electrons. The van der Waals surface area contributed by atoms with Gasteiger partial charge >= 0.3 is 0 Å². The maximum Gasteiger partial charge on any atom is 0.238 e. The molecule has 0 aliphatic rings. The molecule has 0 spiro atoms. The molecule has 35 heavy (non-hydrogen) atoms. The molecule has 10 heteroatoms. The Bertz CT molecular complexity index is 1300. The lowest BCUT2D eigenvalue weighted by atomic mass is 10.1. The third-order valence-corrected chi connectivity index (χ3v) is 6.26. The van der Waals surface area contributed by atoms with E-state index < -0.39 is 5.25 Å². The van der Waals surface area contributed by atoms with E-state index in [0.29, 0.717) is 17.3 Å². The summed E-state index contributed by atoms with van der Waals surface area (Å²) in [4.78, 5) is 24.8. The van der Waals surface area contributed by atoms with Gasteiger partial charge in [0.25, 0.3) is 0 Å². The Labute approximate surface area is 205 Å². The molecule has 8 nitrogen and oxygen atoms in total. The predicted molar refractivity (Wildman–Crippen MR) is 133 cm³/mol. The Morgan fingerprint density at radius 2 is 1.89 bits per heavy atom. The third-order valence-electron chi connectivity index (χ3n) is 5.12. The lowest BCUT2D eigenvalue weighted by Crippen LogP contribution is -2.28. The van der Waals surface area contributed by atoms with E-state index in [-0.39, 0.29) is 29.9 Å². The lowest BCUT2D eigenvalue weighted by Gasteiger charge is -2.10. The first-order valence-electron chi connectivity index (χ1n) is 10.9. The quantitative estimate of drug-likeness (QED) is 0.359. The number of aromatic nitrogens is 3. The zero-order valence-corrected chi connectivity index (χ0v) is 20.0. The van der Waals surface area contributed by atoms with Crippen LogP contribution in [0.2, 0.25) is 0 Å². The van der Waals surface area contributed by atoms with E-state index in [9.17, 15) is 14.0 Å². The summed E-state index contributed by atoms with van der Waals surface area (Å²) in [6.07, 6.45) is 1.84. The summed E-state index contributed by atoms with van der Waals surface area (Å²) in [6.45, 7) is 3.69. The Balaban J connectivity index is 1.39. The molecular weight excluding hydrogens is 469 g/mol. The molecule has 1 unspecified atom stereocenters. The molecule has 0 aliphatic carbocycles. The van der Waals surface area contributed by atoms with Gasteiger partial charge in [0.15, 0.2) is 5.82 Å². The second-order valence-electron chi connectivity index (χ2n) is 7.83. The van der Waals surface area contributed by atoms with Gasteiger partial charge in [0, 0.05) is 29.9 Å². The van der Waals surface area contributed by atoms with Gasteiger partial charge in [-0.2, -0.15) is 5.10 Å². The minimum Gasteiger partial charge on any atom is -0.360 e. The van der Waals surface area contributed by atoms with Crippen LogP contribution >= 0.6 is 11.8 Å². The van der Waals surface area contributed by atoms with Gasteiger partial charge in [-0.3, -0.25) is 9.59 Å². The molecule has 0 radical (unpaired) electrons. The van der Waals surface area contributed by atoms with Crippen molar-refractivity contribution in [1.82, 2.24) is 20.3 Å². The van der Waals surface area contributed by atoms with Gasteiger partial charge in [0.05, 0.1) is 22.4 Å². The van der Waals surface area contributed by atoms with E-state index in [2.05, 4.69) is 20.9 Å². The second kappa shape index (κ2) is 11.0. The average Bonchev–Trinajstić information content (AvgIpc) is 3.48. The summed E-state index contributed by atoms with van der Waals surface area (Å²) in [5.74, 6) is 0.220. The molecule has 4 rings (SSSR count). The topological polar surface area (TPSA) is 102 Å². The van der Waals surface area contributed by atoms with Gasteiger partial charge in [0.2, 0.25) is 11.8 Å². The number of rotatable bonds is 9. The van der Waals surface area contributed by atoms with Crippen LogP contribution in [-0.4, -0.2) is 37.8 Å². The Hall–Kier alpha value is -3.92. The van der Waals surface area contributed by atoms with Gasteiger partial charge in [-0.25, -0.2) is 9.07 Å². The van der Waals surface area contributed by atoms with E-state index >= 15 is 0 Å². The fraction of sp³-hybridized carbons (Fsp3) is 0.200. The fourth-order valence-electron chi connectivity index (χ4n) is 3.28. The van der Waals surface area contributed by atoms with Crippen LogP contribution in [0.25, 0.3) is 16.9 Å². The number of nitrogens with one attached hydrogen (secondary N) is 2. The molecule has 4 aromatic rings. The summed E-state index contributed by atoms with van der Waals surface area (Å²) in [6, 6.07) is 17.3. The number of carbonyl (C=O) groups is 2. The minimum absolute atomic E-state index is 0.102. The lowest BCUT2D eigenvalue weighted by molar-refractivity contribution is -0.118. The van der Waals surface area contributed by atoms with Crippen LogP contribution in [0.5, 0.6) is 0 Å². The highest BCUT2D eigenvalue weighted by atomic mass is 32.2. The van der Waals surface area contributed by atoms with Gasteiger partial charge in [-0.1, -0.05) is 23.4 Å². The van der Waals surface area contributed by atoms with Gasteiger partial charge in [-0.15, -0.1) is 11.8 Å². The molecule has 2 heterocycles. The SMILES string of the molecule is Cc1cc(NC(=O)C(C)SCC(=O)NCc2cn(-c3ccccc3)nc2-c2ccc(F)cc2)no1. The van der Waals surface area contributed by atoms with Crippen LogP contribution in [0, 0.1) is 12.7 Å². The number of anilines is 1. The van der Waals surface area contributed by atoms with Crippen LogP contribution in [0.3, 0.4) is 0 Å². The Kier molecular flexibility index (Phi) is 7.61. The highest BCUT2D eigenvalue weighted by Gasteiger charge is 2.18. The van der Waals surface area contributed by atoms with Crippen LogP contribution < -0.4 is 10.6 Å². The number of hydrogen-bond donors (Lipinski definition) is 2. The molecular formula is C25H24FN5O3S. The number of nitrogens with zero attached hydrogens (tertiary/aromatic N) is 3. The van der Waals surface area contributed by atoms with Crippen molar-refractivity contribution in [2.75, 3.05) is 11.1 Å². The highest BCUT2D eigenvalue weighted by molar-refractivity contribution is 8.01. The molecule has 0 bridgehead atoms. The smallest absolute Gasteiger partial charge is 0.238 e. The van der Waals surface area contributed by atoms with Crippen molar-refractivity contribution < 1.29 is 18.5 Å². The number of amides is 2. The average molecular weight is 494 g/mol. The number of carbonyl (C=O) groups excluding carboxylic acids is 2. The highest BCUT2D eigenvalue weighted by Crippen LogP contribution is 2.24. The van der Waals surface area contributed by atoms with Crippen molar-refractivity contribution in [2.24, 2.45) is 0 Å². The van der Waals surface area contributed by atoms with E-state index in [0.717, 1.165) is 16.8 Å². The van der Waals surface area contributed by atoms with E-state index in [1.54, 1.807) is 36.7 Å². The number of benzene rings is 2. The maximum atomic E-state index is 13.4. The number of hydrogen-bond acceptors (Lipinski definition) is 6. The van der Waals surface area contributed by atoms with Crippen LogP contribution in [0.1, 0.15) is 18.2 Å². The molecule has 0 aliphatic heterocycles. The zero-order valence-electron chi connectivity index (χ0n) is 19.2. The summed E-state index contributed by atoms with van der Waals surface area (Å²) in [5, 5.41) is 13.5. The molecule has 0 saturated carbocycles. The van der Waals surface area contributed by atoms with Crippen molar-refractivity contribution >= 4 is 29.4 Å². The number of thioether (sulfide) groups is 1. The van der Waals surface area contributed by atoms with Gasteiger partial charge in [-0.05, 0) is 50.2 Å². The maximum absolute atomic E-state index is 13.4. The molecule has 1 atom stereocenters. The fourth-order valence-corrected chi connectivity index (χ4v) is 3.99. The third kappa shape index (κ3) is 6.36. The van der Waals surface area contributed by atoms with Crippen molar-refractivity contribution in [3.05, 3.63) is 84.0 Å². The second-order valence-corrected chi connectivity index (χ2v) is 9.16. The monoisotopic (exact) mass is 493 g/mol. The summed E-state index contributed by atoms with van der Waals surface area (Å²) in [5.41, 5.74) is 3.04. The number of halogens is 1. The number of para-hydroxylation sites is 1. The van der Waals surface area contributed by atoms with Crippen LogP contribution in [-0.2, 0) is 16.1 Å². The summed E-state index contributed by atoms with van der Waals surface area (Å²) < 4.78 is 20.1. The standard InChI is InChI=1S/C25H24FN5O3S/c1-16-12-22(30-34-16)28-25(33)17(2)35-15-23(32)27-13-19-14-31(21-6-4-3-5-7-21)29-24(19)18-8-10-20(26)11-9-18/h3-12,14,17H,13,15H2,1-2H3,(H,27,32)(H,28,30,33). The van der Waals surface area contributed by atoms with Crippen molar-refractivity contribution in [1.29, 1.82) is 0 Å². The predicted octanol–water partition coefficient (Wildman–Crippen LogP) is 4.35. The molecule has 2 aromatic carbocycles. The van der Waals surface area contributed by atoms with Gasteiger partial charge in [0.1, 0.15) is 11.6 Å². The first-order valence-corrected chi connectivity index (χ1v) is 12.0. The summed E-state index contributed by atoms with van der Waals surface area (Å²) >= 11 is 1.21. The minimum atomic E-state index is -0.464. The summed E-state index contributed by atoms with van der Waals surface area (Å²) in [7, 11) is 0. The molecule has 0 fully saturated rings. The van der Waals surface area contributed by atoms with E-state index in [1.807, 2.05) is 36.5 Å². The van der Waals surface area contributed by atoms with E-state index in [4.69, 9.17) is 4.52 Å². The molecule has 2 aromatic heterocycles. The first-order chi connectivity index (χ1) is 16.9. The van der Waals surface area contributed by atoms with E-state index in [1.165, 1.54) is 23.9 Å².